The summed E-state index contributed by atoms with van der Waals surface area (Å²) in [5, 5.41) is 8.07. The highest BCUT2D eigenvalue weighted by Crippen LogP contribution is 2.33. The molecule has 0 saturated heterocycles. The highest BCUT2D eigenvalue weighted by atomic mass is 15.3. The maximum Gasteiger partial charge on any atom is 0.0534 e. The fourth-order valence-electron chi connectivity index (χ4n) is 3.05. The Kier molecular flexibility index (Phi) is 5.44. The monoisotopic (exact) mass is 263 g/mol. The maximum absolute atomic E-state index is 4.58. The first kappa shape index (κ1) is 14.6. The molecule has 0 spiro atoms. The van der Waals surface area contributed by atoms with Crippen LogP contribution in [-0.4, -0.2) is 16.3 Å². The summed E-state index contributed by atoms with van der Waals surface area (Å²) in [5.41, 5.74) is 1.32. The number of hydrogen-bond acceptors (Lipinski definition) is 2. The Morgan fingerprint density at radius 1 is 1.42 bits per heavy atom. The van der Waals surface area contributed by atoms with Crippen molar-refractivity contribution in [1.82, 2.24) is 15.1 Å². The van der Waals surface area contributed by atoms with Gasteiger partial charge in [-0.3, -0.25) is 4.68 Å². The lowest BCUT2D eigenvalue weighted by atomic mass is 9.84. The first-order valence-electron chi connectivity index (χ1n) is 7.92. The van der Waals surface area contributed by atoms with Gasteiger partial charge in [-0.2, -0.15) is 5.10 Å². The van der Waals surface area contributed by atoms with Crippen LogP contribution < -0.4 is 5.32 Å². The molecule has 3 heteroatoms. The number of aromatic nitrogens is 2. The summed E-state index contributed by atoms with van der Waals surface area (Å²) in [6.45, 7) is 8.82. The van der Waals surface area contributed by atoms with E-state index in [4.69, 9.17) is 0 Å². The van der Waals surface area contributed by atoms with Gasteiger partial charge in [0.1, 0.15) is 0 Å². The average Bonchev–Trinajstić information content (AvgIpc) is 2.87. The molecule has 108 valence electrons. The van der Waals surface area contributed by atoms with Gasteiger partial charge in [-0.15, -0.1) is 0 Å². The van der Waals surface area contributed by atoms with Gasteiger partial charge in [-0.1, -0.05) is 40.0 Å². The van der Waals surface area contributed by atoms with Gasteiger partial charge in [0.15, 0.2) is 0 Å². The van der Waals surface area contributed by atoms with Gasteiger partial charge in [-0.05, 0) is 31.2 Å². The zero-order valence-corrected chi connectivity index (χ0v) is 12.7. The van der Waals surface area contributed by atoms with Crippen molar-refractivity contribution in [2.24, 2.45) is 11.8 Å². The standard InChI is InChI=1S/C16H29N3/c1-4-14-6-5-7-16(8-14)19-12-15(11-18-19)10-17-9-13(2)3/h11-14,16-17H,4-10H2,1-3H3. The van der Waals surface area contributed by atoms with E-state index in [1.54, 1.807) is 0 Å². The summed E-state index contributed by atoms with van der Waals surface area (Å²) in [6, 6.07) is 0.637. The van der Waals surface area contributed by atoms with Crippen LogP contribution in [0.2, 0.25) is 0 Å². The Morgan fingerprint density at radius 3 is 3.00 bits per heavy atom. The average molecular weight is 263 g/mol. The predicted octanol–water partition coefficient (Wildman–Crippen LogP) is 3.77. The molecule has 0 aliphatic heterocycles. The second-order valence-electron chi connectivity index (χ2n) is 6.45. The van der Waals surface area contributed by atoms with E-state index < -0.39 is 0 Å². The third-order valence-corrected chi connectivity index (χ3v) is 4.24. The summed E-state index contributed by atoms with van der Waals surface area (Å²) in [4.78, 5) is 0. The fourth-order valence-corrected chi connectivity index (χ4v) is 3.05. The third kappa shape index (κ3) is 4.34. The van der Waals surface area contributed by atoms with Crippen molar-refractivity contribution >= 4 is 0 Å². The predicted molar refractivity (Wildman–Crippen MR) is 80.1 cm³/mol. The lowest BCUT2D eigenvalue weighted by Gasteiger charge is -2.28. The van der Waals surface area contributed by atoms with Crippen LogP contribution in [-0.2, 0) is 6.54 Å². The van der Waals surface area contributed by atoms with E-state index in [9.17, 15) is 0 Å². The summed E-state index contributed by atoms with van der Waals surface area (Å²) >= 11 is 0. The minimum Gasteiger partial charge on any atom is -0.312 e. The molecule has 1 aliphatic carbocycles. The number of hydrogen-bond donors (Lipinski definition) is 1. The van der Waals surface area contributed by atoms with Crippen LogP contribution in [0.3, 0.4) is 0 Å². The van der Waals surface area contributed by atoms with Crippen molar-refractivity contribution in [3.05, 3.63) is 18.0 Å². The van der Waals surface area contributed by atoms with Crippen molar-refractivity contribution in [2.45, 2.75) is 65.5 Å². The van der Waals surface area contributed by atoms with Crippen molar-refractivity contribution in [2.75, 3.05) is 6.54 Å². The fraction of sp³-hybridized carbons (Fsp3) is 0.812. The van der Waals surface area contributed by atoms with E-state index in [0.717, 1.165) is 19.0 Å². The summed E-state index contributed by atoms with van der Waals surface area (Å²) in [6.07, 6.45) is 11.0. The molecule has 1 N–H and O–H groups in total. The zero-order chi connectivity index (χ0) is 13.7. The lowest BCUT2D eigenvalue weighted by molar-refractivity contribution is 0.247. The van der Waals surface area contributed by atoms with Crippen molar-refractivity contribution in [3.8, 4) is 0 Å². The Labute approximate surface area is 117 Å². The van der Waals surface area contributed by atoms with Gasteiger partial charge in [0.05, 0.1) is 12.2 Å². The second-order valence-corrected chi connectivity index (χ2v) is 6.45. The summed E-state index contributed by atoms with van der Waals surface area (Å²) < 4.78 is 2.22. The smallest absolute Gasteiger partial charge is 0.0534 e. The van der Waals surface area contributed by atoms with Crippen LogP contribution in [0.4, 0.5) is 0 Å². The molecular weight excluding hydrogens is 234 g/mol. The quantitative estimate of drug-likeness (QED) is 0.846. The van der Waals surface area contributed by atoms with Crippen LogP contribution in [0.15, 0.2) is 12.4 Å². The van der Waals surface area contributed by atoms with Crippen molar-refractivity contribution < 1.29 is 0 Å². The Morgan fingerprint density at radius 2 is 2.26 bits per heavy atom. The Bertz CT molecular complexity index is 370. The molecule has 0 radical (unpaired) electrons. The van der Waals surface area contributed by atoms with Gasteiger partial charge in [-0.25, -0.2) is 0 Å². The van der Waals surface area contributed by atoms with E-state index in [1.165, 1.54) is 37.7 Å². The van der Waals surface area contributed by atoms with Gasteiger partial charge < -0.3 is 5.32 Å². The molecule has 0 amide bonds. The van der Waals surface area contributed by atoms with E-state index in [1.807, 2.05) is 6.20 Å². The molecule has 2 rings (SSSR count). The maximum atomic E-state index is 4.58. The van der Waals surface area contributed by atoms with Gasteiger partial charge >= 0.3 is 0 Å². The van der Waals surface area contributed by atoms with E-state index in [0.29, 0.717) is 12.0 Å². The SMILES string of the molecule is CCC1CCCC(n2cc(CNCC(C)C)cn2)C1. The largest absolute Gasteiger partial charge is 0.312 e. The van der Waals surface area contributed by atoms with E-state index >= 15 is 0 Å². The lowest BCUT2D eigenvalue weighted by Crippen LogP contribution is -2.20. The van der Waals surface area contributed by atoms with E-state index in [-0.39, 0.29) is 0 Å². The van der Waals surface area contributed by atoms with Crippen LogP contribution in [0.25, 0.3) is 0 Å². The molecule has 1 heterocycles. The molecule has 0 aromatic carbocycles. The molecule has 3 nitrogen and oxygen atoms in total. The molecule has 1 aromatic rings. The number of nitrogens with zero attached hydrogens (tertiary/aromatic N) is 2. The molecular formula is C16H29N3. The second kappa shape index (κ2) is 7.09. The van der Waals surface area contributed by atoms with Gasteiger partial charge in [0.2, 0.25) is 0 Å². The van der Waals surface area contributed by atoms with Crippen LogP contribution in [0.1, 0.15) is 64.5 Å². The van der Waals surface area contributed by atoms with E-state index in [2.05, 4.69) is 42.1 Å². The molecule has 1 saturated carbocycles. The highest BCUT2D eigenvalue weighted by molar-refractivity contribution is 5.04. The van der Waals surface area contributed by atoms with Gasteiger partial charge in [0, 0.05) is 18.3 Å². The molecule has 19 heavy (non-hydrogen) atoms. The van der Waals surface area contributed by atoms with Crippen LogP contribution in [0.5, 0.6) is 0 Å². The van der Waals surface area contributed by atoms with Crippen molar-refractivity contribution in [1.29, 1.82) is 0 Å². The summed E-state index contributed by atoms with van der Waals surface area (Å²) in [5.74, 6) is 1.61. The molecule has 1 aromatic heterocycles. The zero-order valence-electron chi connectivity index (χ0n) is 12.7. The Balaban J connectivity index is 1.85. The van der Waals surface area contributed by atoms with Crippen molar-refractivity contribution in [3.63, 3.8) is 0 Å². The minimum atomic E-state index is 0.637. The third-order valence-electron chi connectivity index (χ3n) is 4.24. The summed E-state index contributed by atoms with van der Waals surface area (Å²) in [7, 11) is 0. The number of nitrogens with one attached hydrogen (secondary N) is 1. The Hall–Kier alpha value is -0.830. The highest BCUT2D eigenvalue weighted by Gasteiger charge is 2.22. The molecule has 1 aliphatic rings. The van der Waals surface area contributed by atoms with Gasteiger partial charge in [0.25, 0.3) is 0 Å². The topological polar surface area (TPSA) is 29.9 Å². The minimum absolute atomic E-state index is 0.637. The van der Waals surface area contributed by atoms with Crippen LogP contribution >= 0.6 is 0 Å². The molecule has 1 fully saturated rings. The molecule has 0 bridgehead atoms. The first-order valence-corrected chi connectivity index (χ1v) is 7.92. The van der Waals surface area contributed by atoms with Crippen LogP contribution in [0, 0.1) is 11.8 Å². The molecule has 2 unspecified atom stereocenters. The first-order chi connectivity index (χ1) is 9.19. The normalized spacial score (nSPS) is 24.0. The molecule has 2 atom stereocenters. The number of rotatable bonds is 6.